The maximum Gasteiger partial charge on any atom is 0.324 e. The third-order valence-corrected chi connectivity index (χ3v) is 14.6. The average molecular weight is 1030 g/mol. The first-order valence-corrected chi connectivity index (χ1v) is 26.1. The second-order valence-electron chi connectivity index (χ2n) is 18.2. The summed E-state index contributed by atoms with van der Waals surface area (Å²) < 4.78 is 41.9. The van der Waals surface area contributed by atoms with E-state index in [-0.39, 0.29) is 42.7 Å². The number of carbonyl (C=O) groups excluding carboxylic acids is 3. The van der Waals surface area contributed by atoms with Gasteiger partial charge in [0.05, 0.1) is 75.8 Å². The normalized spacial score (nSPS) is 14.7. The van der Waals surface area contributed by atoms with Crippen LogP contribution in [0.25, 0.3) is 0 Å². The molecule has 0 aliphatic carbocycles. The standard InChI is InChI=1S/C56H68N6O11S/c1-37(74-24-10-15-54(63)73-57)34-60(18-19-69-22-23-70-21-20-66-3)42-26-38(35-71-52-31-46(58-2)44(29-50(52)67-4)55(64)61-17-16-40-11-6-8-13-48(40)61)25-39(27-42)36-72-53-32-47-45(30-51(53)68-5)56(65)62-43(33-59-47)28-41-12-7-9-14-49(41)62/h6-9,11-14,25-27,29-32,37,43,58-59H,10,15-24,28,33-36,57H2,1-5H3/t37-,43+/m1/s1. The lowest BCUT2D eigenvalue weighted by Crippen LogP contribution is -2.39. The Morgan fingerprint density at radius 1 is 0.824 bits per heavy atom. The van der Waals surface area contributed by atoms with Crippen LogP contribution in [-0.4, -0.2) is 122 Å². The van der Waals surface area contributed by atoms with E-state index in [9.17, 15) is 14.4 Å². The Labute approximate surface area is 437 Å². The molecule has 0 fully saturated rings. The fourth-order valence-corrected chi connectivity index (χ4v) is 10.6. The van der Waals surface area contributed by atoms with Gasteiger partial charge in [-0.2, -0.15) is 17.7 Å². The van der Waals surface area contributed by atoms with Gasteiger partial charge in [-0.1, -0.05) is 43.3 Å². The lowest BCUT2D eigenvalue weighted by molar-refractivity contribution is -0.144. The zero-order chi connectivity index (χ0) is 52.0. The monoisotopic (exact) mass is 1030 g/mol. The fraction of sp³-hybridized carbons (Fsp3) is 0.411. The number of anilines is 5. The Balaban J connectivity index is 1.07. The molecule has 0 radical (unpaired) electrons. The van der Waals surface area contributed by atoms with Crippen LogP contribution in [0.2, 0.25) is 0 Å². The van der Waals surface area contributed by atoms with Crippen molar-refractivity contribution in [2.24, 2.45) is 5.90 Å². The second-order valence-corrected chi connectivity index (χ2v) is 19.8. The van der Waals surface area contributed by atoms with Gasteiger partial charge in [-0.3, -0.25) is 14.4 Å². The largest absolute Gasteiger partial charge is 0.493 e. The number of thioether (sulfide) groups is 1. The molecule has 18 heteroatoms. The van der Waals surface area contributed by atoms with Crippen LogP contribution < -0.4 is 50.2 Å². The van der Waals surface area contributed by atoms with Gasteiger partial charge in [0, 0.05) is 81.2 Å². The molecule has 4 N–H and O–H groups in total. The molecule has 2 amide bonds. The maximum absolute atomic E-state index is 14.2. The Hall–Kier alpha value is -6.70. The van der Waals surface area contributed by atoms with Crippen molar-refractivity contribution in [1.82, 2.24) is 0 Å². The first kappa shape index (κ1) is 53.6. The summed E-state index contributed by atoms with van der Waals surface area (Å²) in [6.45, 7) is 7.13. The predicted octanol–water partition coefficient (Wildman–Crippen LogP) is 7.91. The Morgan fingerprint density at radius 2 is 1.50 bits per heavy atom. The predicted molar refractivity (Wildman–Crippen MR) is 289 cm³/mol. The molecule has 17 nitrogen and oxygen atoms in total. The molecule has 5 aromatic carbocycles. The number of nitrogens with one attached hydrogen (secondary N) is 2. The summed E-state index contributed by atoms with van der Waals surface area (Å²) in [6, 6.07) is 29.4. The van der Waals surface area contributed by atoms with E-state index in [4.69, 9.17) is 39.1 Å². The van der Waals surface area contributed by atoms with Gasteiger partial charge in [0.15, 0.2) is 23.0 Å². The van der Waals surface area contributed by atoms with Crippen LogP contribution >= 0.6 is 11.8 Å². The van der Waals surface area contributed by atoms with Gasteiger partial charge >= 0.3 is 5.97 Å². The molecule has 3 aliphatic heterocycles. The van der Waals surface area contributed by atoms with E-state index in [1.807, 2.05) is 64.4 Å². The zero-order valence-electron chi connectivity index (χ0n) is 42.9. The fourth-order valence-electron chi connectivity index (χ4n) is 9.62. The number of methoxy groups -OCH3 is 3. The van der Waals surface area contributed by atoms with Gasteiger partial charge in [0.25, 0.3) is 11.8 Å². The van der Waals surface area contributed by atoms with Gasteiger partial charge < -0.3 is 63.3 Å². The highest BCUT2D eigenvalue weighted by Crippen LogP contribution is 2.42. The number of hydrogen-bond acceptors (Lipinski definition) is 16. The van der Waals surface area contributed by atoms with Crippen molar-refractivity contribution >= 4 is 58.0 Å². The Morgan fingerprint density at radius 3 is 2.22 bits per heavy atom. The van der Waals surface area contributed by atoms with Crippen molar-refractivity contribution in [3.8, 4) is 23.0 Å². The summed E-state index contributed by atoms with van der Waals surface area (Å²) >= 11 is 1.76. The minimum Gasteiger partial charge on any atom is -0.493 e. The number of rotatable bonds is 27. The molecule has 3 heterocycles. The van der Waals surface area contributed by atoms with Crippen molar-refractivity contribution in [2.45, 2.75) is 57.1 Å². The number of nitrogens with zero attached hydrogens (tertiary/aromatic N) is 3. The molecule has 0 unspecified atom stereocenters. The van der Waals surface area contributed by atoms with Crippen LogP contribution in [0.15, 0.2) is 91.0 Å². The second kappa shape index (κ2) is 26.0. The molecular formula is C56H68N6O11S. The number of amides is 2. The topological polar surface area (TPSA) is 185 Å². The van der Waals surface area contributed by atoms with Gasteiger partial charge in [-0.05, 0) is 89.7 Å². The van der Waals surface area contributed by atoms with Crippen molar-refractivity contribution in [1.29, 1.82) is 0 Å². The lowest BCUT2D eigenvalue weighted by Gasteiger charge is -2.29. The summed E-state index contributed by atoms with van der Waals surface area (Å²) in [7, 11) is 6.56. The summed E-state index contributed by atoms with van der Waals surface area (Å²) in [5.41, 5.74) is 9.02. The third-order valence-electron chi connectivity index (χ3n) is 13.3. The van der Waals surface area contributed by atoms with Gasteiger partial charge in [-0.25, -0.2) is 0 Å². The molecule has 0 spiro atoms. The molecule has 0 aromatic heterocycles. The minimum absolute atomic E-state index is 0.0250. The van der Waals surface area contributed by atoms with E-state index < -0.39 is 5.97 Å². The van der Waals surface area contributed by atoms with Crippen molar-refractivity contribution in [2.75, 3.05) is 119 Å². The molecule has 2 atom stereocenters. The number of fused-ring (bicyclic) bond motifs is 5. The summed E-state index contributed by atoms with van der Waals surface area (Å²) in [5.74, 6) is 6.96. The summed E-state index contributed by atoms with van der Waals surface area (Å²) in [5, 5.41) is 6.91. The van der Waals surface area contributed by atoms with E-state index in [1.54, 1.807) is 52.3 Å². The number of hydrogen-bond donors (Lipinski definition) is 3. The van der Waals surface area contributed by atoms with Crippen LogP contribution in [0.1, 0.15) is 62.7 Å². The first-order chi connectivity index (χ1) is 36.1. The van der Waals surface area contributed by atoms with E-state index >= 15 is 0 Å². The minimum atomic E-state index is -0.436. The van der Waals surface area contributed by atoms with Crippen LogP contribution in [-0.2, 0) is 49.9 Å². The molecule has 0 bridgehead atoms. The number of carbonyl (C=O) groups is 3. The highest BCUT2D eigenvalue weighted by atomic mass is 32.2. The number of para-hydroxylation sites is 2. The smallest absolute Gasteiger partial charge is 0.324 e. The van der Waals surface area contributed by atoms with Crippen molar-refractivity contribution in [3.63, 3.8) is 0 Å². The molecule has 5 aromatic rings. The third kappa shape index (κ3) is 13.0. The van der Waals surface area contributed by atoms with E-state index in [0.29, 0.717) is 111 Å². The van der Waals surface area contributed by atoms with E-state index in [1.165, 1.54) is 0 Å². The van der Waals surface area contributed by atoms with Crippen LogP contribution in [0, 0.1) is 0 Å². The van der Waals surface area contributed by atoms with E-state index in [2.05, 4.69) is 51.6 Å². The number of ether oxygens (including phenoxy) is 7. The van der Waals surface area contributed by atoms with Crippen LogP contribution in [0.4, 0.5) is 28.4 Å². The van der Waals surface area contributed by atoms with E-state index in [0.717, 1.165) is 57.9 Å². The Kier molecular flexibility index (Phi) is 18.8. The highest BCUT2D eigenvalue weighted by Gasteiger charge is 2.38. The molecule has 8 rings (SSSR count). The zero-order valence-corrected chi connectivity index (χ0v) is 43.8. The maximum atomic E-state index is 14.2. The first-order valence-electron chi connectivity index (χ1n) is 25.1. The van der Waals surface area contributed by atoms with Crippen molar-refractivity contribution < 1.29 is 52.4 Å². The van der Waals surface area contributed by atoms with Gasteiger partial charge in [-0.15, -0.1) is 0 Å². The van der Waals surface area contributed by atoms with Gasteiger partial charge in [0.2, 0.25) is 0 Å². The SMILES string of the molecule is CNc1cc(OCc2cc(COc3cc4c(cc3OC)C(=O)N3c5ccccc5C[C@H]3CN4)cc(N(CCOCCOCCOC)C[C@@H](C)SCCCC(=O)ON)c2)c(OC)cc1C(=O)N1CCc2ccccc21. The Bertz CT molecular complexity index is 2740. The van der Waals surface area contributed by atoms with Crippen LogP contribution in [0.5, 0.6) is 23.0 Å². The molecular weight excluding hydrogens is 965 g/mol. The van der Waals surface area contributed by atoms with Gasteiger partial charge in [0.1, 0.15) is 13.2 Å². The molecule has 74 heavy (non-hydrogen) atoms. The number of benzene rings is 5. The number of nitrogens with two attached hydrogens (primary N) is 1. The van der Waals surface area contributed by atoms with Crippen LogP contribution in [0.3, 0.4) is 0 Å². The lowest BCUT2D eigenvalue weighted by atomic mass is 10.1. The quantitative estimate of drug-likeness (QED) is 0.0340. The summed E-state index contributed by atoms with van der Waals surface area (Å²) in [6.07, 6.45) is 2.43. The average Bonchev–Trinajstić information content (AvgIpc) is 4.01. The summed E-state index contributed by atoms with van der Waals surface area (Å²) in [4.78, 5) is 50.4. The molecule has 0 saturated carbocycles. The van der Waals surface area contributed by atoms with Crippen molar-refractivity contribution in [3.05, 3.63) is 124 Å². The molecule has 0 saturated heterocycles. The molecule has 3 aliphatic rings. The molecule has 394 valence electrons. The highest BCUT2D eigenvalue weighted by molar-refractivity contribution is 7.99.